The van der Waals surface area contributed by atoms with E-state index in [4.69, 9.17) is 5.73 Å². The molecule has 0 atom stereocenters. The topological polar surface area (TPSA) is 38.9 Å². The van der Waals surface area contributed by atoms with E-state index in [0.717, 1.165) is 21.7 Å². The van der Waals surface area contributed by atoms with Gasteiger partial charge in [0.25, 0.3) is 0 Å². The molecule has 0 fully saturated rings. The van der Waals surface area contributed by atoms with Crippen molar-refractivity contribution in [1.29, 1.82) is 0 Å². The van der Waals surface area contributed by atoms with Gasteiger partial charge in [-0.05, 0) is 52.0 Å². The lowest BCUT2D eigenvalue weighted by molar-refractivity contribution is 0.618. The van der Waals surface area contributed by atoms with Gasteiger partial charge >= 0.3 is 0 Å². The van der Waals surface area contributed by atoms with Crippen LogP contribution >= 0.6 is 27.3 Å². The zero-order valence-electron chi connectivity index (χ0n) is 11.1. The highest BCUT2D eigenvalue weighted by atomic mass is 79.9. The van der Waals surface area contributed by atoms with Gasteiger partial charge in [-0.25, -0.2) is 9.37 Å². The van der Waals surface area contributed by atoms with E-state index in [2.05, 4.69) is 34.8 Å². The van der Waals surface area contributed by atoms with Gasteiger partial charge in [0.05, 0.1) is 10.2 Å². The number of hydrogen-bond acceptors (Lipinski definition) is 3. The number of anilines is 1. The molecule has 0 spiro atoms. The minimum atomic E-state index is -0.232. The molecular formula is C14H16BrFN2S. The minimum Gasteiger partial charge on any atom is -0.375 e. The molecule has 1 aromatic carbocycles. The highest BCUT2D eigenvalue weighted by molar-refractivity contribution is 9.10. The Kier molecular flexibility index (Phi) is 4.26. The maximum absolute atomic E-state index is 13.6. The molecule has 0 unspecified atom stereocenters. The molecule has 0 saturated carbocycles. The summed E-state index contributed by atoms with van der Waals surface area (Å²) in [6.07, 6.45) is 0.679. The fraction of sp³-hybridized carbons (Fsp3) is 0.357. The fourth-order valence-electron chi connectivity index (χ4n) is 2.01. The van der Waals surface area contributed by atoms with Crippen LogP contribution in [0.25, 0.3) is 0 Å². The first kappa shape index (κ1) is 14.5. The van der Waals surface area contributed by atoms with E-state index in [9.17, 15) is 4.39 Å². The molecule has 0 aliphatic rings. The molecule has 102 valence electrons. The van der Waals surface area contributed by atoms with E-state index in [0.29, 0.717) is 21.9 Å². The van der Waals surface area contributed by atoms with E-state index in [-0.39, 0.29) is 5.82 Å². The van der Waals surface area contributed by atoms with Crippen molar-refractivity contribution in [2.75, 3.05) is 5.73 Å². The molecule has 2 N–H and O–H groups in total. The summed E-state index contributed by atoms with van der Waals surface area (Å²) in [6.45, 7) is 6.17. The summed E-state index contributed by atoms with van der Waals surface area (Å²) in [5.41, 5.74) is 8.85. The Morgan fingerprint density at radius 3 is 2.74 bits per heavy atom. The molecule has 0 amide bonds. The lowest BCUT2D eigenvalue weighted by Gasteiger charge is -2.09. The number of halogens is 2. The van der Waals surface area contributed by atoms with Crippen molar-refractivity contribution in [2.45, 2.75) is 33.1 Å². The predicted molar refractivity (Wildman–Crippen MR) is 82.3 cm³/mol. The second-order valence-corrected chi connectivity index (χ2v) is 6.85. The summed E-state index contributed by atoms with van der Waals surface area (Å²) in [4.78, 5) is 5.49. The summed E-state index contributed by atoms with van der Waals surface area (Å²) >= 11 is 4.69. The minimum absolute atomic E-state index is 0.232. The van der Waals surface area contributed by atoms with Gasteiger partial charge in [0.1, 0.15) is 5.82 Å². The number of thiazole rings is 1. The van der Waals surface area contributed by atoms with Crippen LogP contribution in [0.3, 0.4) is 0 Å². The molecule has 0 saturated heterocycles. The van der Waals surface area contributed by atoms with E-state index < -0.39 is 0 Å². The first-order valence-electron chi connectivity index (χ1n) is 6.08. The van der Waals surface area contributed by atoms with E-state index in [1.807, 2.05) is 13.0 Å². The van der Waals surface area contributed by atoms with Gasteiger partial charge in [0, 0.05) is 11.3 Å². The second kappa shape index (κ2) is 5.59. The molecule has 2 nitrogen and oxygen atoms in total. The first-order chi connectivity index (χ1) is 8.88. The highest BCUT2D eigenvalue weighted by Gasteiger charge is 2.15. The average Bonchev–Trinajstić information content (AvgIpc) is 2.67. The Balaban J connectivity index is 2.39. The molecule has 19 heavy (non-hydrogen) atoms. The Labute approximate surface area is 125 Å². The summed E-state index contributed by atoms with van der Waals surface area (Å²) in [5, 5.41) is 0.578. The van der Waals surface area contributed by atoms with Crippen LogP contribution in [0.5, 0.6) is 0 Å². The van der Waals surface area contributed by atoms with Gasteiger partial charge in [-0.15, -0.1) is 11.3 Å². The van der Waals surface area contributed by atoms with Gasteiger partial charge in [0.2, 0.25) is 0 Å². The molecule has 2 rings (SSSR count). The Hall–Kier alpha value is -0.940. The van der Waals surface area contributed by atoms with Crippen molar-refractivity contribution in [1.82, 2.24) is 4.98 Å². The molecule has 2 aromatic rings. The normalized spacial score (nSPS) is 11.3. The van der Waals surface area contributed by atoms with Crippen LogP contribution in [0.15, 0.2) is 16.6 Å². The van der Waals surface area contributed by atoms with Crippen molar-refractivity contribution in [3.8, 4) is 0 Å². The van der Waals surface area contributed by atoms with Gasteiger partial charge in [-0.1, -0.05) is 13.8 Å². The maximum atomic E-state index is 13.6. The summed E-state index contributed by atoms with van der Waals surface area (Å²) < 4.78 is 14.1. The summed E-state index contributed by atoms with van der Waals surface area (Å²) in [6, 6.07) is 3.39. The van der Waals surface area contributed by atoms with Crippen LogP contribution in [0, 0.1) is 12.7 Å². The number of nitrogens with two attached hydrogens (primary N) is 1. The lowest BCUT2D eigenvalue weighted by Crippen LogP contribution is -1.98. The van der Waals surface area contributed by atoms with Crippen LogP contribution in [0.1, 0.15) is 41.5 Å². The van der Waals surface area contributed by atoms with Crippen LogP contribution in [0.2, 0.25) is 0 Å². The molecule has 0 aliphatic heterocycles. The number of nitrogen functional groups attached to an aromatic ring is 1. The number of benzene rings is 1. The van der Waals surface area contributed by atoms with Crippen molar-refractivity contribution in [3.05, 3.63) is 44.1 Å². The van der Waals surface area contributed by atoms with Crippen LogP contribution in [0.4, 0.5) is 9.52 Å². The zero-order chi connectivity index (χ0) is 14.2. The summed E-state index contributed by atoms with van der Waals surface area (Å²) in [7, 11) is 0. The third-order valence-corrected chi connectivity index (χ3v) is 4.53. The van der Waals surface area contributed by atoms with Crippen LogP contribution in [-0.4, -0.2) is 4.98 Å². The third kappa shape index (κ3) is 3.15. The van der Waals surface area contributed by atoms with Gasteiger partial charge in [-0.3, -0.25) is 0 Å². The second-order valence-electron chi connectivity index (χ2n) is 4.88. The van der Waals surface area contributed by atoms with E-state index in [1.165, 1.54) is 11.3 Å². The third-order valence-electron chi connectivity index (χ3n) is 3.02. The molecule has 1 aromatic heterocycles. The Bertz CT molecular complexity index is 608. The molecule has 1 heterocycles. The number of rotatable bonds is 3. The summed E-state index contributed by atoms with van der Waals surface area (Å²) in [5.74, 6) is 0.0911. The maximum Gasteiger partial charge on any atom is 0.180 e. The number of aromatic nitrogens is 1. The van der Waals surface area contributed by atoms with Crippen molar-refractivity contribution < 1.29 is 4.39 Å². The molecule has 0 bridgehead atoms. The monoisotopic (exact) mass is 342 g/mol. The number of aryl methyl sites for hydroxylation is 1. The van der Waals surface area contributed by atoms with Gasteiger partial charge < -0.3 is 5.73 Å². The molecule has 0 radical (unpaired) electrons. The molecule has 5 heteroatoms. The molecule has 0 aliphatic carbocycles. The average molecular weight is 343 g/mol. The van der Waals surface area contributed by atoms with Crippen molar-refractivity contribution in [3.63, 3.8) is 0 Å². The Morgan fingerprint density at radius 1 is 1.42 bits per heavy atom. The van der Waals surface area contributed by atoms with Gasteiger partial charge in [-0.2, -0.15) is 0 Å². The number of nitrogens with zero attached hydrogens (tertiary/aromatic N) is 1. The first-order valence-corrected chi connectivity index (χ1v) is 7.69. The standard InChI is InChI=1S/C14H16BrFN2S/c1-7(2)13-12(19-14(17)18-13)6-9-5-11(16)10(15)4-8(9)3/h4-5,7H,6H2,1-3H3,(H2,17,18). The predicted octanol–water partition coefficient (Wildman–Crippen LogP) is 4.65. The van der Waals surface area contributed by atoms with Gasteiger partial charge in [0.15, 0.2) is 5.13 Å². The SMILES string of the molecule is Cc1cc(Br)c(F)cc1Cc1sc(N)nc1C(C)C. The largest absolute Gasteiger partial charge is 0.375 e. The smallest absolute Gasteiger partial charge is 0.180 e. The fourth-order valence-corrected chi connectivity index (χ4v) is 3.48. The Morgan fingerprint density at radius 2 is 2.11 bits per heavy atom. The van der Waals surface area contributed by atoms with E-state index >= 15 is 0 Å². The molecular weight excluding hydrogens is 327 g/mol. The van der Waals surface area contributed by atoms with Crippen molar-refractivity contribution in [2.24, 2.45) is 0 Å². The quantitative estimate of drug-likeness (QED) is 0.881. The van der Waals surface area contributed by atoms with Crippen LogP contribution in [-0.2, 0) is 6.42 Å². The van der Waals surface area contributed by atoms with Crippen molar-refractivity contribution >= 4 is 32.4 Å². The highest BCUT2D eigenvalue weighted by Crippen LogP contribution is 2.30. The van der Waals surface area contributed by atoms with E-state index in [1.54, 1.807) is 6.07 Å². The lowest BCUT2D eigenvalue weighted by atomic mass is 10.0. The van der Waals surface area contributed by atoms with Crippen LogP contribution < -0.4 is 5.73 Å². The zero-order valence-corrected chi connectivity index (χ0v) is 13.5. The number of hydrogen-bond donors (Lipinski definition) is 1.